The summed E-state index contributed by atoms with van der Waals surface area (Å²) in [6.45, 7) is 3.22. The van der Waals surface area contributed by atoms with Crippen LogP contribution in [0, 0.1) is 0 Å². The molecular formula is C5H7IO2. The van der Waals surface area contributed by atoms with Crippen LogP contribution >= 0.6 is 22.6 Å². The lowest BCUT2D eigenvalue weighted by atomic mass is 10.7. The third-order valence-corrected chi connectivity index (χ3v) is 0.642. The quantitative estimate of drug-likeness (QED) is 0.387. The van der Waals surface area contributed by atoms with E-state index in [9.17, 15) is 4.79 Å². The van der Waals surface area contributed by atoms with E-state index in [1.165, 1.54) is 13.2 Å². The van der Waals surface area contributed by atoms with Crippen LogP contribution in [0.2, 0.25) is 0 Å². The summed E-state index contributed by atoms with van der Waals surface area (Å²) in [5.41, 5.74) is 0. The van der Waals surface area contributed by atoms with Crippen LogP contribution in [0.15, 0.2) is 9.84 Å². The van der Waals surface area contributed by atoms with Gasteiger partial charge in [0.25, 0.3) is 0 Å². The van der Waals surface area contributed by atoms with Crippen LogP contribution in [-0.4, -0.2) is 5.97 Å². The molecule has 0 heterocycles. The van der Waals surface area contributed by atoms with E-state index in [-0.39, 0.29) is 5.97 Å². The average molecular weight is 226 g/mol. The molecule has 0 rings (SSSR count). The lowest BCUT2D eigenvalue weighted by Gasteiger charge is -1.89. The molecule has 0 unspecified atom stereocenters. The fourth-order valence-corrected chi connectivity index (χ4v) is 0.291. The van der Waals surface area contributed by atoms with Gasteiger partial charge in [0.15, 0.2) is 0 Å². The zero-order valence-corrected chi connectivity index (χ0v) is 6.93. The minimum Gasteiger partial charge on any atom is -0.434 e. The highest BCUT2D eigenvalue weighted by Crippen LogP contribution is 2.01. The number of esters is 1. The van der Waals surface area contributed by atoms with E-state index in [1.54, 1.807) is 0 Å². The van der Waals surface area contributed by atoms with Gasteiger partial charge >= 0.3 is 5.97 Å². The third-order valence-electron chi connectivity index (χ3n) is 0.387. The molecule has 0 spiro atoms. The summed E-state index contributed by atoms with van der Waals surface area (Å²) in [7, 11) is 0. The number of ether oxygens (including phenoxy) is 1. The van der Waals surface area contributed by atoms with E-state index in [0.717, 1.165) is 3.58 Å². The van der Waals surface area contributed by atoms with Crippen molar-refractivity contribution in [1.82, 2.24) is 0 Å². The molecule has 8 heavy (non-hydrogen) atoms. The number of hydrogen-bond donors (Lipinski definition) is 0. The lowest BCUT2D eigenvalue weighted by molar-refractivity contribution is -0.135. The summed E-state index contributed by atoms with van der Waals surface area (Å²) in [5.74, 6) is -0.277. The predicted molar refractivity (Wildman–Crippen MR) is 39.5 cm³/mol. The van der Waals surface area contributed by atoms with E-state index in [1.807, 2.05) is 6.92 Å². The Hall–Kier alpha value is -0.0600. The van der Waals surface area contributed by atoms with Gasteiger partial charge in [0, 0.05) is 10.5 Å². The number of rotatable bonds is 1. The highest BCUT2D eigenvalue weighted by Gasteiger charge is 1.85. The van der Waals surface area contributed by atoms with Gasteiger partial charge in [-0.2, -0.15) is 0 Å². The molecule has 0 N–H and O–H groups in total. The Labute approximate surface area is 62.0 Å². The number of hydrogen-bond acceptors (Lipinski definition) is 2. The normalized spacial score (nSPS) is 11.1. The number of allylic oxidation sites excluding steroid dienone is 1. The van der Waals surface area contributed by atoms with Gasteiger partial charge in [-0.05, 0) is 29.5 Å². The maximum atomic E-state index is 10.1. The minimum atomic E-state index is -0.277. The lowest BCUT2D eigenvalue weighted by Crippen LogP contribution is -1.89. The molecule has 2 nitrogen and oxygen atoms in total. The van der Waals surface area contributed by atoms with Crippen LogP contribution in [0.25, 0.3) is 0 Å². The number of carbonyl (C=O) groups excluding carboxylic acids is 1. The smallest absolute Gasteiger partial charge is 0.307 e. The van der Waals surface area contributed by atoms with E-state index in [2.05, 4.69) is 27.3 Å². The first-order valence-electron chi connectivity index (χ1n) is 2.12. The monoisotopic (exact) mass is 226 g/mol. The Morgan fingerprint density at radius 1 is 1.62 bits per heavy atom. The van der Waals surface area contributed by atoms with Gasteiger partial charge < -0.3 is 4.74 Å². The van der Waals surface area contributed by atoms with E-state index in [4.69, 9.17) is 0 Å². The molecule has 0 fully saturated rings. The molecule has 0 aliphatic rings. The van der Waals surface area contributed by atoms with E-state index >= 15 is 0 Å². The maximum Gasteiger partial charge on any atom is 0.307 e. The van der Waals surface area contributed by atoms with Crippen LogP contribution in [0.5, 0.6) is 0 Å². The molecule has 0 aliphatic carbocycles. The van der Waals surface area contributed by atoms with Crippen molar-refractivity contribution < 1.29 is 9.53 Å². The van der Waals surface area contributed by atoms with Crippen LogP contribution in [0.3, 0.4) is 0 Å². The number of halogens is 1. The fourth-order valence-electron chi connectivity index (χ4n) is 0.164. The van der Waals surface area contributed by atoms with Crippen LogP contribution in [0.1, 0.15) is 13.8 Å². The first-order valence-corrected chi connectivity index (χ1v) is 3.20. The van der Waals surface area contributed by atoms with Crippen molar-refractivity contribution in [2.24, 2.45) is 0 Å². The van der Waals surface area contributed by atoms with Crippen molar-refractivity contribution in [3.8, 4) is 0 Å². The van der Waals surface area contributed by atoms with E-state index in [0.29, 0.717) is 0 Å². The Kier molecular flexibility index (Phi) is 3.85. The Morgan fingerprint density at radius 3 is 2.25 bits per heavy atom. The molecule has 0 radical (unpaired) electrons. The van der Waals surface area contributed by atoms with Gasteiger partial charge in [0.05, 0.1) is 0 Å². The SMILES string of the molecule is CC(=O)OC=C(C)I. The summed E-state index contributed by atoms with van der Waals surface area (Å²) < 4.78 is 5.45. The fraction of sp³-hybridized carbons (Fsp3) is 0.400. The van der Waals surface area contributed by atoms with Crippen molar-refractivity contribution >= 4 is 28.6 Å². The second-order valence-corrected chi connectivity index (χ2v) is 3.02. The summed E-state index contributed by atoms with van der Waals surface area (Å²) in [4.78, 5) is 10.1. The average Bonchev–Trinajstić information content (AvgIpc) is 1.61. The van der Waals surface area contributed by atoms with Gasteiger partial charge in [-0.25, -0.2) is 0 Å². The second kappa shape index (κ2) is 3.88. The molecule has 46 valence electrons. The number of carbonyl (C=O) groups is 1. The highest BCUT2D eigenvalue weighted by molar-refractivity contribution is 14.1. The minimum absolute atomic E-state index is 0.277. The Morgan fingerprint density at radius 2 is 2.12 bits per heavy atom. The molecule has 0 aliphatic heterocycles. The molecular weight excluding hydrogens is 219 g/mol. The molecule has 0 aromatic carbocycles. The second-order valence-electron chi connectivity index (χ2n) is 1.31. The summed E-state index contributed by atoms with van der Waals surface area (Å²) >= 11 is 2.06. The standard InChI is InChI=1S/C5H7IO2/c1-4(6)3-8-5(2)7/h3H,1-2H3. The summed E-state index contributed by atoms with van der Waals surface area (Å²) in [6.07, 6.45) is 1.42. The van der Waals surface area contributed by atoms with Crippen LogP contribution in [0.4, 0.5) is 0 Å². The molecule has 0 aromatic rings. The largest absolute Gasteiger partial charge is 0.434 e. The molecule has 0 saturated heterocycles. The van der Waals surface area contributed by atoms with Crippen molar-refractivity contribution in [2.45, 2.75) is 13.8 Å². The third kappa shape index (κ3) is 5.94. The first kappa shape index (κ1) is 7.94. The molecule has 0 bridgehead atoms. The Balaban J connectivity index is 3.45. The van der Waals surface area contributed by atoms with E-state index < -0.39 is 0 Å². The van der Waals surface area contributed by atoms with Gasteiger partial charge in [0.1, 0.15) is 6.26 Å². The van der Waals surface area contributed by atoms with Gasteiger partial charge in [0.2, 0.25) is 0 Å². The highest BCUT2D eigenvalue weighted by atomic mass is 127. The van der Waals surface area contributed by atoms with Gasteiger partial charge in [-0.1, -0.05) is 0 Å². The maximum absolute atomic E-state index is 10.1. The summed E-state index contributed by atoms with van der Waals surface area (Å²) in [5, 5.41) is 0. The zero-order valence-electron chi connectivity index (χ0n) is 4.77. The van der Waals surface area contributed by atoms with Crippen LogP contribution < -0.4 is 0 Å². The topological polar surface area (TPSA) is 26.3 Å². The van der Waals surface area contributed by atoms with Crippen molar-refractivity contribution in [2.75, 3.05) is 0 Å². The summed E-state index contributed by atoms with van der Waals surface area (Å²) in [6, 6.07) is 0. The molecule has 0 aromatic heterocycles. The predicted octanol–water partition coefficient (Wildman–Crippen LogP) is 1.85. The van der Waals surface area contributed by atoms with Crippen molar-refractivity contribution in [3.63, 3.8) is 0 Å². The Bertz CT molecular complexity index is 114. The zero-order chi connectivity index (χ0) is 6.57. The van der Waals surface area contributed by atoms with Crippen molar-refractivity contribution in [3.05, 3.63) is 9.84 Å². The van der Waals surface area contributed by atoms with Gasteiger partial charge in [-0.3, -0.25) is 4.79 Å². The molecule has 0 amide bonds. The molecule has 0 atom stereocenters. The van der Waals surface area contributed by atoms with Gasteiger partial charge in [-0.15, -0.1) is 0 Å². The van der Waals surface area contributed by atoms with Crippen LogP contribution in [-0.2, 0) is 9.53 Å². The van der Waals surface area contributed by atoms with Crippen molar-refractivity contribution in [1.29, 1.82) is 0 Å². The molecule has 0 saturated carbocycles. The molecule has 3 heteroatoms. The first-order chi connectivity index (χ1) is 3.63.